The average molecular weight is 248 g/mol. The Kier molecular flexibility index (Phi) is 3.88. The van der Waals surface area contributed by atoms with Crippen LogP contribution in [-0.4, -0.2) is 18.6 Å². The third kappa shape index (κ3) is 2.91. The second-order valence-corrected chi connectivity index (χ2v) is 4.36. The van der Waals surface area contributed by atoms with Crippen LogP contribution in [0.25, 0.3) is 0 Å². The number of ether oxygens (including phenoxy) is 1. The summed E-state index contributed by atoms with van der Waals surface area (Å²) in [5.74, 6) is 1.50. The van der Waals surface area contributed by atoms with Gasteiger partial charge in [0.1, 0.15) is 5.75 Å². The molecule has 0 radical (unpaired) electrons. The van der Waals surface area contributed by atoms with Crippen molar-refractivity contribution in [3.8, 4) is 5.75 Å². The first-order valence-corrected chi connectivity index (χ1v) is 6.12. The second kappa shape index (κ2) is 5.59. The fourth-order valence-electron chi connectivity index (χ4n) is 1.39. The van der Waals surface area contributed by atoms with Gasteiger partial charge in [0, 0.05) is 4.90 Å². The molecule has 1 heterocycles. The van der Waals surface area contributed by atoms with Gasteiger partial charge in [-0.25, -0.2) is 0 Å². The molecule has 0 aliphatic rings. The van der Waals surface area contributed by atoms with Gasteiger partial charge in [0.15, 0.2) is 5.76 Å². The minimum Gasteiger partial charge on any atom is -0.496 e. The standard InChI is InChI=1S/C13H12O3S/c1-15-12-5-2-3-7-13(12)17-9-10(14)11-6-4-8-16-11/h2-8H,9H2,1H3. The fourth-order valence-corrected chi connectivity index (χ4v) is 2.29. The van der Waals surface area contributed by atoms with E-state index in [2.05, 4.69) is 0 Å². The van der Waals surface area contributed by atoms with Crippen LogP contribution in [0.15, 0.2) is 52.0 Å². The van der Waals surface area contributed by atoms with E-state index in [0.717, 1.165) is 10.6 Å². The van der Waals surface area contributed by atoms with Crippen molar-refractivity contribution in [2.24, 2.45) is 0 Å². The van der Waals surface area contributed by atoms with E-state index in [-0.39, 0.29) is 5.78 Å². The Morgan fingerprint density at radius 3 is 2.82 bits per heavy atom. The van der Waals surface area contributed by atoms with Crippen molar-refractivity contribution >= 4 is 17.5 Å². The molecule has 17 heavy (non-hydrogen) atoms. The molecule has 1 aromatic heterocycles. The Morgan fingerprint density at radius 1 is 1.29 bits per heavy atom. The largest absolute Gasteiger partial charge is 0.496 e. The van der Waals surface area contributed by atoms with Crippen LogP contribution in [0.5, 0.6) is 5.75 Å². The maximum absolute atomic E-state index is 11.7. The van der Waals surface area contributed by atoms with Crippen molar-refractivity contribution in [2.45, 2.75) is 4.90 Å². The molecular formula is C13H12O3S. The van der Waals surface area contributed by atoms with E-state index in [1.165, 1.54) is 18.0 Å². The molecule has 3 nitrogen and oxygen atoms in total. The highest BCUT2D eigenvalue weighted by Crippen LogP contribution is 2.29. The van der Waals surface area contributed by atoms with Gasteiger partial charge in [-0.3, -0.25) is 4.79 Å². The quantitative estimate of drug-likeness (QED) is 0.601. The minimum atomic E-state index is -0.0223. The zero-order valence-electron chi connectivity index (χ0n) is 9.38. The lowest BCUT2D eigenvalue weighted by Crippen LogP contribution is -2.00. The average Bonchev–Trinajstić information content (AvgIpc) is 2.90. The summed E-state index contributed by atoms with van der Waals surface area (Å²) in [5, 5.41) is 0. The smallest absolute Gasteiger partial charge is 0.208 e. The van der Waals surface area contributed by atoms with E-state index >= 15 is 0 Å². The third-order valence-corrected chi connectivity index (χ3v) is 3.28. The minimum absolute atomic E-state index is 0.0223. The number of carbonyl (C=O) groups is 1. The Hall–Kier alpha value is -1.68. The van der Waals surface area contributed by atoms with Crippen molar-refractivity contribution in [1.29, 1.82) is 0 Å². The molecule has 0 atom stereocenters. The summed E-state index contributed by atoms with van der Waals surface area (Å²) >= 11 is 1.44. The molecule has 0 saturated heterocycles. The van der Waals surface area contributed by atoms with Crippen LogP contribution < -0.4 is 4.74 Å². The van der Waals surface area contributed by atoms with Gasteiger partial charge in [-0.15, -0.1) is 11.8 Å². The number of hydrogen-bond acceptors (Lipinski definition) is 4. The summed E-state index contributed by atoms with van der Waals surface area (Å²) in [6.07, 6.45) is 1.50. The monoisotopic (exact) mass is 248 g/mol. The van der Waals surface area contributed by atoms with Gasteiger partial charge in [-0.2, -0.15) is 0 Å². The van der Waals surface area contributed by atoms with Gasteiger partial charge in [-0.05, 0) is 24.3 Å². The number of furan rings is 1. The molecule has 0 aliphatic carbocycles. The van der Waals surface area contributed by atoms with Crippen molar-refractivity contribution in [1.82, 2.24) is 0 Å². The number of methoxy groups -OCH3 is 1. The molecular weight excluding hydrogens is 236 g/mol. The van der Waals surface area contributed by atoms with Gasteiger partial charge in [-0.1, -0.05) is 12.1 Å². The normalized spacial score (nSPS) is 10.2. The zero-order valence-corrected chi connectivity index (χ0v) is 10.2. The van der Waals surface area contributed by atoms with E-state index < -0.39 is 0 Å². The molecule has 0 amide bonds. The van der Waals surface area contributed by atoms with E-state index in [1.807, 2.05) is 24.3 Å². The predicted molar refractivity (Wildman–Crippen MR) is 66.8 cm³/mol. The number of Topliss-reactive ketones (excluding diaryl/α,β-unsaturated/α-hetero) is 1. The number of ketones is 1. The van der Waals surface area contributed by atoms with Crippen LogP contribution in [0, 0.1) is 0 Å². The highest BCUT2D eigenvalue weighted by Gasteiger charge is 2.10. The van der Waals surface area contributed by atoms with E-state index in [1.54, 1.807) is 19.2 Å². The first-order chi connectivity index (χ1) is 8.31. The highest BCUT2D eigenvalue weighted by atomic mass is 32.2. The van der Waals surface area contributed by atoms with Crippen molar-refractivity contribution < 1.29 is 13.9 Å². The summed E-state index contributed by atoms with van der Waals surface area (Å²) in [6.45, 7) is 0. The molecule has 2 rings (SSSR count). The van der Waals surface area contributed by atoms with Crippen LogP contribution in [0.1, 0.15) is 10.6 Å². The Bertz CT molecular complexity index is 491. The second-order valence-electron chi connectivity index (χ2n) is 3.34. The van der Waals surface area contributed by atoms with Gasteiger partial charge in [0.05, 0.1) is 19.1 Å². The summed E-state index contributed by atoms with van der Waals surface area (Å²) in [5.41, 5.74) is 0. The molecule has 88 valence electrons. The lowest BCUT2D eigenvalue weighted by molar-refractivity contribution is 0.0992. The number of hydrogen-bond donors (Lipinski definition) is 0. The predicted octanol–water partition coefficient (Wildman–Crippen LogP) is 3.26. The van der Waals surface area contributed by atoms with Gasteiger partial charge in [0.2, 0.25) is 5.78 Å². The fraction of sp³-hybridized carbons (Fsp3) is 0.154. The molecule has 0 spiro atoms. The molecule has 0 saturated carbocycles. The number of para-hydroxylation sites is 1. The number of carbonyl (C=O) groups excluding carboxylic acids is 1. The maximum Gasteiger partial charge on any atom is 0.208 e. The van der Waals surface area contributed by atoms with Gasteiger partial charge in [0.25, 0.3) is 0 Å². The summed E-state index contributed by atoms with van der Waals surface area (Å²) in [7, 11) is 1.62. The highest BCUT2D eigenvalue weighted by molar-refractivity contribution is 8.00. The summed E-state index contributed by atoms with van der Waals surface area (Å²) in [6, 6.07) is 11.0. The molecule has 0 fully saturated rings. The summed E-state index contributed by atoms with van der Waals surface area (Å²) < 4.78 is 10.3. The van der Waals surface area contributed by atoms with E-state index in [0.29, 0.717) is 11.5 Å². The number of benzene rings is 1. The first kappa shape index (κ1) is 11.8. The van der Waals surface area contributed by atoms with Crippen LogP contribution >= 0.6 is 11.8 Å². The summed E-state index contributed by atoms with van der Waals surface area (Å²) in [4.78, 5) is 12.7. The lowest BCUT2D eigenvalue weighted by atomic mass is 10.3. The van der Waals surface area contributed by atoms with E-state index in [4.69, 9.17) is 9.15 Å². The first-order valence-electron chi connectivity index (χ1n) is 5.14. The van der Waals surface area contributed by atoms with Crippen LogP contribution in [-0.2, 0) is 0 Å². The molecule has 0 N–H and O–H groups in total. The van der Waals surface area contributed by atoms with E-state index in [9.17, 15) is 4.79 Å². The Balaban J connectivity index is 2.00. The topological polar surface area (TPSA) is 39.4 Å². The molecule has 4 heteroatoms. The molecule has 0 bridgehead atoms. The van der Waals surface area contributed by atoms with Crippen LogP contribution in [0.4, 0.5) is 0 Å². The van der Waals surface area contributed by atoms with Crippen LogP contribution in [0.2, 0.25) is 0 Å². The SMILES string of the molecule is COc1ccccc1SCC(=O)c1ccco1. The molecule has 0 unspecified atom stereocenters. The molecule has 1 aromatic carbocycles. The Morgan fingerprint density at radius 2 is 2.12 bits per heavy atom. The lowest BCUT2D eigenvalue weighted by Gasteiger charge is -2.06. The van der Waals surface area contributed by atoms with Crippen molar-refractivity contribution in [3.63, 3.8) is 0 Å². The number of rotatable bonds is 5. The van der Waals surface area contributed by atoms with Gasteiger partial charge >= 0.3 is 0 Å². The van der Waals surface area contributed by atoms with Crippen molar-refractivity contribution in [2.75, 3.05) is 12.9 Å². The molecule has 2 aromatic rings. The molecule has 0 aliphatic heterocycles. The Labute approximate surface area is 104 Å². The maximum atomic E-state index is 11.7. The van der Waals surface area contributed by atoms with Crippen molar-refractivity contribution in [3.05, 3.63) is 48.4 Å². The third-order valence-electron chi connectivity index (χ3n) is 2.22. The van der Waals surface area contributed by atoms with Crippen LogP contribution in [0.3, 0.4) is 0 Å². The van der Waals surface area contributed by atoms with Gasteiger partial charge < -0.3 is 9.15 Å². The zero-order chi connectivity index (χ0) is 12.1. The number of thioether (sulfide) groups is 1.